The van der Waals surface area contributed by atoms with E-state index in [2.05, 4.69) is 21.2 Å². The molecule has 0 bridgehead atoms. The quantitative estimate of drug-likeness (QED) is 0.795. The van der Waals surface area contributed by atoms with Crippen LogP contribution in [0, 0.1) is 5.82 Å². The van der Waals surface area contributed by atoms with Crippen LogP contribution in [0.5, 0.6) is 0 Å². The number of hydrogen-bond acceptors (Lipinski definition) is 1. The summed E-state index contributed by atoms with van der Waals surface area (Å²) in [5.74, 6) is -0.904. The Hall–Kier alpha value is -1.10. The summed E-state index contributed by atoms with van der Waals surface area (Å²) in [6.07, 6.45) is -0.0198. The molecule has 0 aliphatic carbocycles. The van der Waals surface area contributed by atoms with Gasteiger partial charge >= 0.3 is 0 Å². The molecule has 2 nitrogen and oxygen atoms in total. The molecule has 0 aromatic heterocycles. The lowest BCUT2D eigenvalue weighted by atomic mass is 10.1. The van der Waals surface area contributed by atoms with Gasteiger partial charge in [0.25, 0.3) is 0 Å². The topological polar surface area (TPSA) is 29.1 Å². The monoisotopic (exact) mass is 375 g/mol. The molecule has 0 saturated carbocycles. The van der Waals surface area contributed by atoms with E-state index in [1.54, 1.807) is 24.3 Å². The van der Waals surface area contributed by atoms with Crippen LogP contribution in [0.2, 0.25) is 10.0 Å². The van der Waals surface area contributed by atoms with Crippen molar-refractivity contribution in [1.82, 2.24) is 0 Å². The van der Waals surface area contributed by atoms with Gasteiger partial charge in [-0.15, -0.1) is 0 Å². The second-order valence-electron chi connectivity index (χ2n) is 4.05. The van der Waals surface area contributed by atoms with Crippen molar-refractivity contribution in [2.24, 2.45) is 0 Å². The Labute approximate surface area is 134 Å². The molecule has 2 aromatic carbocycles. The van der Waals surface area contributed by atoms with Gasteiger partial charge in [-0.25, -0.2) is 4.39 Å². The zero-order valence-corrected chi connectivity index (χ0v) is 13.2. The van der Waals surface area contributed by atoms with E-state index in [0.29, 0.717) is 20.1 Å². The third-order valence-corrected chi connectivity index (χ3v) is 3.81. The molecule has 1 amide bonds. The summed E-state index contributed by atoms with van der Waals surface area (Å²) < 4.78 is 14.2. The molecule has 2 rings (SSSR count). The van der Waals surface area contributed by atoms with Gasteiger partial charge in [-0.3, -0.25) is 4.79 Å². The summed E-state index contributed by atoms with van der Waals surface area (Å²) in [5.41, 5.74) is 0.632. The highest BCUT2D eigenvalue weighted by molar-refractivity contribution is 9.10. The number of halogens is 4. The number of hydrogen-bond donors (Lipinski definition) is 1. The minimum Gasteiger partial charge on any atom is -0.323 e. The van der Waals surface area contributed by atoms with Crippen molar-refractivity contribution < 1.29 is 9.18 Å². The average molecular weight is 377 g/mol. The van der Waals surface area contributed by atoms with Gasteiger partial charge in [-0.1, -0.05) is 45.2 Å². The Morgan fingerprint density at radius 2 is 1.85 bits per heavy atom. The molecule has 1 N–H and O–H groups in total. The van der Waals surface area contributed by atoms with Crippen LogP contribution in [0.4, 0.5) is 10.1 Å². The molecule has 0 aliphatic rings. The Morgan fingerprint density at radius 1 is 1.20 bits per heavy atom. The summed E-state index contributed by atoms with van der Waals surface area (Å²) in [7, 11) is 0. The third kappa shape index (κ3) is 3.72. The zero-order valence-electron chi connectivity index (χ0n) is 10.1. The molecule has 0 fully saturated rings. The molecule has 0 heterocycles. The minimum absolute atomic E-state index is 0.0198. The number of anilines is 1. The van der Waals surface area contributed by atoms with Gasteiger partial charge in [0.05, 0.1) is 12.1 Å². The Bertz CT molecular complexity index is 643. The van der Waals surface area contributed by atoms with Crippen LogP contribution in [0.15, 0.2) is 40.9 Å². The van der Waals surface area contributed by atoms with Gasteiger partial charge < -0.3 is 5.32 Å². The number of carbonyl (C=O) groups excluding carboxylic acids is 1. The second kappa shape index (κ2) is 6.57. The minimum atomic E-state index is -0.516. The van der Waals surface area contributed by atoms with Gasteiger partial charge in [-0.05, 0) is 35.9 Å². The fourth-order valence-corrected chi connectivity index (χ4v) is 2.51. The normalized spacial score (nSPS) is 10.4. The van der Waals surface area contributed by atoms with Crippen LogP contribution in [0.3, 0.4) is 0 Å². The molecule has 0 atom stereocenters. The summed E-state index contributed by atoms with van der Waals surface area (Å²) >= 11 is 15.1. The van der Waals surface area contributed by atoms with E-state index in [9.17, 15) is 9.18 Å². The fraction of sp³-hybridized carbons (Fsp3) is 0.0714. The van der Waals surface area contributed by atoms with Crippen molar-refractivity contribution in [2.45, 2.75) is 6.42 Å². The van der Waals surface area contributed by atoms with Crippen molar-refractivity contribution in [3.63, 3.8) is 0 Å². The van der Waals surface area contributed by atoms with E-state index >= 15 is 0 Å². The van der Waals surface area contributed by atoms with E-state index in [0.717, 1.165) is 0 Å². The molecule has 0 unspecified atom stereocenters. The van der Waals surface area contributed by atoms with Gasteiger partial charge in [0.15, 0.2) is 0 Å². The zero-order chi connectivity index (χ0) is 14.7. The van der Waals surface area contributed by atoms with Gasteiger partial charge in [0, 0.05) is 14.5 Å². The van der Waals surface area contributed by atoms with Gasteiger partial charge in [-0.2, -0.15) is 0 Å². The summed E-state index contributed by atoms with van der Waals surface area (Å²) in [4.78, 5) is 11.9. The highest BCUT2D eigenvalue weighted by atomic mass is 79.9. The number of carbonyl (C=O) groups is 1. The molecule has 0 saturated heterocycles. The highest BCUT2D eigenvalue weighted by Gasteiger charge is 2.12. The molecular formula is C14H9BrCl2FNO. The van der Waals surface area contributed by atoms with E-state index < -0.39 is 5.82 Å². The first-order valence-corrected chi connectivity index (χ1v) is 7.20. The fourth-order valence-electron chi connectivity index (χ4n) is 1.65. The summed E-state index contributed by atoms with van der Waals surface area (Å²) in [6, 6.07) is 9.39. The van der Waals surface area contributed by atoms with E-state index in [1.165, 1.54) is 12.1 Å². The Morgan fingerprint density at radius 3 is 2.45 bits per heavy atom. The molecule has 0 radical (unpaired) electrons. The summed E-state index contributed by atoms with van der Waals surface area (Å²) in [5, 5.41) is 3.30. The first-order chi connectivity index (χ1) is 9.47. The first-order valence-electron chi connectivity index (χ1n) is 5.65. The maximum atomic E-state index is 13.6. The standard InChI is InChI=1S/C14H9BrCl2FNO/c15-8-4-5-13(12(18)6-8)19-14(20)7-9-10(16)2-1-3-11(9)17/h1-6H,7H2,(H,19,20). The first kappa shape index (κ1) is 15.3. The molecule has 0 spiro atoms. The lowest BCUT2D eigenvalue weighted by molar-refractivity contribution is -0.115. The molecule has 2 aromatic rings. The van der Waals surface area contributed by atoms with E-state index in [4.69, 9.17) is 23.2 Å². The molecule has 6 heteroatoms. The van der Waals surface area contributed by atoms with Crippen LogP contribution in [-0.2, 0) is 11.2 Å². The second-order valence-corrected chi connectivity index (χ2v) is 5.78. The van der Waals surface area contributed by atoms with E-state index in [1.807, 2.05) is 0 Å². The van der Waals surface area contributed by atoms with Crippen LogP contribution >= 0.6 is 39.1 Å². The lowest BCUT2D eigenvalue weighted by Gasteiger charge is -2.09. The molecule has 104 valence electrons. The third-order valence-electron chi connectivity index (χ3n) is 2.60. The van der Waals surface area contributed by atoms with Crippen molar-refractivity contribution in [1.29, 1.82) is 0 Å². The van der Waals surface area contributed by atoms with Crippen molar-refractivity contribution >= 4 is 50.7 Å². The Balaban J connectivity index is 2.13. The predicted molar refractivity (Wildman–Crippen MR) is 82.9 cm³/mol. The molecule has 20 heavy (non-hydrogen) atoms. The smallest absolute Gasteiger partial charge is 0.228 e. The van der Waals surface area contributed by atoms with E-state index in [-0.39, 0.29) is 18.0 Å². The number of nitrogens with one attached hydrogen (secondary N) is 1. The van der Waals surface area contributed by atoms with Crippen LogP contribution in [0.1, 0.15) is 5.56 Å². The van der Waals surface area contributed by atoms with Crippen molar-refractivity contribution in [3.05, 3.63) is 62.3 Å². The number of rotatable bonds is 3. The molecule has 0 aliphatic heterocycles. The van der Waals surface area contributed by atoms with Crippen LogP contribution in [0.25, 0.3) is 0 Å². The molecular weight excluding hydrogens is 368 g/mol. The number of benzene rings is 2. The average Bonchev–Trinajstić information content (AvgIpc) is 2.37. The summed E-state index contributed by atoms with van der Waals surface area (Å²) in [6.45, 7) is 0. The maximum Gasteiger partial charge on any atom is 0.228 e. The highest BCUT2D eigenvalue weighted by Crippen LogP contribution is 2.25. The van der Waals surface area contributed by atoms with Crippen LogP contribution in [-0.4, -0.2) is 5.91 Å². The SMILES string of the molecule is O=C(Cc1c(Cl)cccc1Cl)Nc1ccc(Br)cc1F. The maximum absolute atomic E-state index is 13.6. The van der Waals surface area contributed by atoms with Crippen molar-refractivity contribution in [3.8, 4) is 0 Å². The lowest BCUT2D eigenvalue weighted by Crippen LogP contribution is -2.15. The largest absolute Gasteiger partial charge is 0.323 e. The van der Waals surface area contributed by atoms with Gasteiger partial charge in [0.1, 0.15) is 5.82 Å². The van der Waals surface area contributed by atoms with Gasteiger partial charge in [0.2, 0.25) is 5.91 Å². The number of amides is 1. The predicted octanol–water partition coefficient (Wildman–Crippen LogP) is 5.08. The van der Waals surface area contributed by atoms with Crippen molar-refractivity contribution in [2.75, 3.05) is 5.32 Å². The van der Waals surface area contributed by atoms with Crippen LogP contribution < -0.4 is 5.32 Å². The Kier molecular flexibility index (Phi) is 5.02.